The van der Waals surface area contributed by atoms with Gasteiger partial charge in [-0.25, -0.2) is 0 Å². The first-order chi connectivity index (χ1) is 12.7. The second kappa shape index (κ2) is 5.70. The first-order valence-electron chi connectivity index (χ1n) is 10.9. The number of ether oxygens (including phenoxy) is 4. The summed E-state index contributed by atoms with van der Waals surface area (Å²) in [4.78, 5) is 11.9. The number of fused-ring (bicyclic) bond motifs is 4. The van der Waals surface area contributed by atoms with Crippen LogP contribution in [0.25, 0.3) is 0 Å². The Kier molecular flexibility index (Phi) is 3.88. The molecule has 2 spiro atoms. The number of esters is 1. The molecule has 0 bridgehead atoms. The molecule has 3 heterocycles. The minimum absolute atomic E-state index is 0.0355. The topological polar surface area (TPSA) is 54.0 Å². The van der Waals surface area contributed by atoms with Crippen molar-refractivity contribution < 1.29 is 23.7 Å². The zero-order valence-corrected chi connectivity index (χ0v) is 17.2. The molecule has 0 aromatic carbocycles. The van der Waals surface area contributed by atoms with Crippen LogP contribution < -0.4 is 0 Å². The van der Waals surface area contributed by atoms with Crippen LogP contribution in [0, 0.1) is 22.7 Å². The fourth-order valence-electron chi connectivity index (χ4n) is 7.69. The first-order valence-corrected chi connectivity index (χ1v) is 10.9. The molecule has 3 saturated heterocycles. The third kappa shape index (κ3) is 2.31. The molecule has 5 aliphatic rings. The Labute approximate surface area is 162 Å². The van der Waals surface area contributed by atoms with Crippen molar-refractivity contribution in [3.8, 4) is 0 Å². The Morgan fingerprint density at radius 3 is 2.56 bits per heavy atom. The highest BCUT2D eigenvalue weighted by Crippen LogP contribution is 2.69. The lowest BCUT2D eigenvalue weighted by molar-refractivity contribution is -0.324. The molecular weight excluding hydrogens is 344 g/mol. The Bertz CT molecular complexity index is 651. The van der Waals surface area contributed by atoms with E-state index in [0.717, 1.165) is 32.3 Å². The van der Waals surface area contributed by atoms with E-state index >= 15 is 0 Å². The molecule has 5 heteroatoms. The molecule has 3 aliphatic heterocycles. The van der Waals surface area contributed by atoms with Crippen molar-refractivity contribution in [2.75, 3.05) is 13.2 Å². The van der Waals surface area contributed by atoms with Gasteiger partial charge in [-0.1, -0.05) is 20.8 Å². The van der Waals surface area contributed by atoms with Gasteiger partial charge < -0.3 is 18.9 Å². The minimum atomic E-state index is -0.387. The smallest absolute Gasteiger partial charge is 0.308 e. The summed E-state index contributed by atoms with van der Waals surface area (Å²) in [7, 11) is 0. The lowest BCUT2D eigenvalue weighted by Gasteiger charge is -2.66. The Balaban J connectivity index is 1.51. The summed E-state index contributed by atoms with van der Waals surface area (Å²) in [6.07, 6.45) is 7.14. The minimum Gasteiger partial charge on any atom is -0.463 e. The molecule has 5 rings (SSSR count). The Morgan fingerprint density at radius 2 is 1.81 bits per heavy atom. The maximum Gasteiger partial charge on any atom is 0.308 e. The standard InChI is InChI=1S/C22H34O5/c1-14-5-6-16-19(3)12-24-15(2)26-17(19)7-8-20(16,4)22(14)10-9-21(27-22)11-18(23)25-13-21/h14-17H,5-13H2,1-4H3. The maximum atomic E-state index is 11.9. The molecule has 8 unspecified atom stereocenters. The van der Waals surface area contributed by atoms with Crippen molar-refractivity contribution in [3.05, 3.63) is 0 Å². The van der Waals surface area contributed by atoms with Crippen molar-refractivity contribution in [1.29, 1.82) is 0 Å². The van der Waals surface area contributed by atoms with Crippen molar-refractivity contribution in [2.45, 2.75) is 96.2 Å². The second-order valence-corrected chi connectivity index (χ2v) is 10.5. The zero-order valence-electron chi connectivity index (χ0n) is 17.2. The highest BCUT2D eigenvalue weighted by atomic mass is 16.7. The average Bonchev–Trinajstić information content (AvgIpc) is 3.18. The fraction of sp³-hybridized carbons (Fsp3) is 0.955. The van der Waals surface area contributed by atoms with Gasteiger partial charge in [0.15, 0.2) is 6.29 Å². The summed E-state index contributed by atoms with van der Waals surface area (Å²) >= 11 is 0. The highest BCUT2D eigenvalue weighted by molar-refractivity contribution is 5.73. The van der Waals surface area contributed by atoms with Gasteiger partial charge in [0.1, 0.15) is 12.2 Å². The quantitative estimate of drug-likeness (QED) is 0.600. The Hall–Kier alpha value is -0.650. The van der Waals surface area contributed by atoms with E-state index in [1.54, 1.807) is 0 Å². The molecule has 2 saturated carbocycles. The number of cyclic esters (lactones) is 1. The van der Waals surface area contributed by atoms with E-state index in [4.69, 9.17) is 18.9 Å². The molecule has 0 radical (unpaired) electrons. The predicted molar refractivity (Wildman–Crippen MR) is 99.0 cm³/mol. The molecule has 0 amide bonds. The van der Waals surface area contributed by atoms with Crippen molar-refractivity contribution in [2.24, 2.45) is 22.7 Å². The number of carbonyl (C=O) groups excluding carboxylic acids is 1. The van der Waals surface area contributed by atoms with Crippen LogP contribution in [-0.4, -0.2) is 42.8 Å². The van der Waals surface area contributed by atoms with Crippen LogP contribution in [0.15, 0.2) is 0 Å². The van der Waals surface area contributed by atoms with Crippen molar-refractivity contribution in [3.63, 3.8) is 0 Å². The number of rotatable bonds is 0. The molecule has 0 N–H and O–H groups in total. The van der Waals surface area contributed by atoms with Gasteiger partial charge in [-0.2, -0.15) is 0 Å². The van der Waals surface area contributed by atoms with Crippen LogP contribution in [0.1, 0.15) is 72.6 Å². The lowest BCUT2D eigenvalue weighted by Crippen LogP contribution is -2.68. The van der Waals surface area contributed by atoms with Crippen LogP contribution in [0.4, 0.5) is 0 Å². The number of hydrogen-bond acceptors (Lipinski definition) is 5. The largest absolute Gasteiger partial charge is 0.463 e. The van der Waals surface area contributed by atoms with Crippen LogP contribution >= 0.6 is 0 Å². The first kappa shape index (κ1) is 18.4. The molecule has 0 aromatic heterocycles. The summed E-state index contributed by atoms with van der Waals surface area (Å²) < 4.78 is 24.6. The van der Waals surface area contributed by atoms with Gasteiger partial charge in [-0.15, -0.1) is 0 Å². The van der Waals surface area contributed by atoms with Crippen molar-refractivity contribution >= 4 is 5.97 Å². The van der Waals surface area contributed by atoms with Gasteiger partial charge in [-0.05, 0) is 57.3 Å². The maximum absolute atomic E-state index is 11.9. The van der Waals surface area contributed by atoms with Gasteiger partial charge >= 0.3 is 5.97 Å². The number of hydrogen-bond donors (Lipinski definition) is 0. The van der Waals surface area contributed by atoms with Gasteiger partial charge in [0, 0.05) is 10.8 Å². The normalized spacial score (nSPS) is 57.6. The van der Waals surface area contributed by atoms with E-state index in [-0.39, 0.29) is 40.4 Å². The van der Waals surface area contributed by atoms with Crippen LogP contribution in [0.2, 0.25) is 0 Å². The molecule has 5 nitrogen and oxygen atoms in total. The summed E-state index contributed by atoms with van der Waals surface area (Å²) in [5.41, 5.74) is -0.435. The molecule has 152 valence electrons. The molecular formula is C22H34O5. The second-order valence-electron chi connectivity index (χ2n) is 10.5. The number of carbonyl (C=O) groups is 1. The summed E-state index contributed by atoms with van der Waals surface area (Å²) in [6.45, 7) is 10.4. The van der Waals surface area contributed by atoms with Crippen LogP contribution in [0.3, 0.4) is 0 Å². The third-order valence-electron chi connectivity index (χ3n) is 9.18. The van der Waals surface area contributed by atoms with Crippen molar-refractivity contribution in [1.82, 2.24) is 0 Å². The average molecular weight is 379 g/mol. The van der Waals surface area contributed by atoms with Crippen LogP contribution in [0.5, 0.6) is 0 Å². The highest BCUT2D eigenvalue weighted by Gasteiger charge is 2.70. The lowest BCUT2D eigenvalue weighted by atomic mass is 9.43. The van der Waals surface area contributed by atoms with E-state index in [2.05, 4.69) is 20.8 Å². The van der Waals surface area contributed by atoms with Gasteiger partial charge in [0.25, 0.3) is 0 Å². The van der Waals surface area contributed by atoms with E-state index < -0.39 is 0 Å². The van der Waals surface area contributed by atoms with E-state index in [1.807, 2.05) is 6.92 Å². The SMILES string of the molecule is CC1OCC2(C)C(CCC3(C)C2CCC(C)C32CCC3(COC(=O)C3)O2)O1. The molecule has 8 atom stereocenters. The van der Waals surface area contributed by atoms with Gasteiger partial charge in [0.2, 0.25) is 0 Å². The summed E-state index contributed by atoms with van der Waals surface area (Å²) in [5.74, 6) is 0.912. The van der Waals surface area contributed by atoms with E-state index in [0.29, 0.717) is 24.9 Å². The molecule has 5 fully saturated rings. The molecule has 0 aromatic rings. The van der Waals surface area contributed by atoms with E-state index in [9.17, 15) is 4.79 Å². The summed E-state index contributed by atoms with van der Waals surface area (Å²) in [6, 6.07) is 0. The third-order valence-corrected chi connectivity index (χ3v) is 9.18. The van der Waals surface area contributed by atoms with E-state index in [1.165, 1.54) is 12.8 Å². The van der Waals surface area contributed by atoms with Crippen LogP contribution in [-0.2, 0) is 23.7 Å². The monoisotopic (exact) mass is 378 g/mol. The predicted octanol–water partition coefficient (Wildman–Crippen LogP) is 3.84. The zero-order chi connectivity index (χ0) is 19.1. The summed E-state index contributed by atoms with van der Waals surface area (Å²) in [5, 5.41) is 0. The Morgan fingerprint density at radius 1 is 1.00 bits per heavy atom. The molecule has 27 heavy (non-hydrogen) atoms. The fourth-order valence-corrected chi connectivity index (χ4v) is 7.69. The van der Waals surface area contributed by atoms with Gasteiger partial charge in [0.05, 0.1) is 24.7 Å². The van der Waals surface area contributed by atoms with Gasteiger partial charge in [-0.3, -0.25) is 4.79 Å². The molecule has 2 aliphatic carbocycles.